The van der Waals surface area contributed by atoms with Gasteiger partial charge < -0.3 is 9.67 Å². The van der Waals surface area contributed by atoms with Gasteiger partial charge in [-0.05, 0) is 30.9 Å². The third-order valence-electron chi connectivity index (χ3n) is 3.58. The fourth-order valence-corrected chi connectivity index (χ4v) is 3.20. The predicted octanol–water partition coefficient (Wildman–Crippen LogP) is 2.96. The van der Waals surface area contributed by atoms with Crippen LogP contribution in [0.1, 0.15) is 42.6 Å². The van der Waals surface area contributed by atoms with Crippen LogP contribution in [0, 0.1) is 0 Å². The summed E-state index contributed by atoms with van der Waals surface area (Å²) in [6.45, 7) is 3.18. The average molecular weight is 289 g/mol. The standard InChI is InChI=1S/C15H19N3OS/c1-2-18-14(13-7-8-13)16-17-15(18)20-10-12-5-3-11(9-19)4-6-12/h3-6,13,19H,2,7-10H2,1H3. The summed E-state index contributed by atoms with van der Waals surface area (Å²) in [7, 11) is 0. The van der Waals surface area contributed by atoms with Crippen LogP contribution in [0.5, 0.6) is 0 Å². The molecule has 0 aliphatic heterocycles. The maximum atomic E-state index is 9.04. The van der Waals surface area contributed by atoms with E-state index in [2.05, 4.69) is 33.8 Å². The molecule has 0 radical (unpaired) electrons. The lowest BCUT2D eigenvalue weighted by Crippen LogP contribution is -2.01. The molecule has 1 saturated carbocycles. The first kappa shape index (κ1) is 13.6. The maximum absolute atomic E-state index is 9.04. The Balaban J connectivity index is 1.68. The molecule has 0 saturated heterocycles. The van der Waals surface area contributed by atoms with Crippen molar-refractivity contribution in [3.63, 3.8) is 0 Å². The second-order valence-electron chi connectivity index (χ2n) is 5.12. The number of aliphatic hydroxyl groups is 1. The fraction of sp³-hybridized carbons (Fsp3) is 0.467. The summed E-state index contributed by atoms with van der Waals surface area (Å²) in [6.07, 6.45) is 2.51. The average Bonchev–Trinajstić information content (AvgIpc) is 3.26. The first-order valence-corrected chi connectivity index (χ1v) is 8.05. The first-order valence-electron chi connectivity index (χ1n) is 7.06. The highest BCUT2D eigenvalue weighted by molar-refractivity contribution is 7.98. The minimum absolute atomic E-state index is 0.0995. The zero-order valence-corrected chi connectivity index (χ0v) is 12.4. The third-order valence-corrected chi connectivity index (χ3v) is 4.62. The summed E-state index contributed by atoms with van der Waals surface area (Å²) in [5.74, 6) is 2.68. The Hall–Kier alpha value is -1.33. The van der Waals surface area contributed by atoms with Gasteiger partial charge in [-0.1, -0.05) is 36.0 Å². The molecule has 0 unspecified atom stereocenters. The number of aromatic nitrogens is 3. The minimum Gasteiger partial charge on any atom is -0.392 e. The van der Waals surface area contributed by atoms with Crippen molar-refractivity contribution in [1.82, 2.24) is 14.8 Å². The van der Waals surface area contributed by atoms with Gasteiger partial charge in [0.2, 0.25) is 0 Å². The molecule has 20 heavy (non-hydrogen) atoms. The lowest BCUT2D eigenvalue weighted by atomic mass is 10.2. The van der Waals surface area contributed by atoms with Crippen LogP contribution in [0.2, 0.25) is 0 Å². The molecule has 4 nitrogen and oxygen atoms in total. The van der Waals surface area contributed by atoms with Gasteiger partial charge in [0, 0.05) is 18.2 Å². The number of nitrogens with zero attached hydrogens (tertiary/aromatic N) is 3. The number of benzene rings is 1. The lowest BCUT2D eigenvalue weighted by molar-refractivity contribution is 0.282. The Morgan fingerprint density at radius 2 is 1.90 bits per heavy atom. The van der Waals surface area contributed by atoms with Gasteiger partial charge in [-0.3, -0.25) is 0 Å². The van der Waals surface area contributed by atoms with E-state index in [-0.39, 0.29) is 6.61 Å². The molecule has 1 heterocycles. The molecule has 0 amide bonds. The lowest BCUT2D eigenvalue weighted by Gasteiger charge is -2.06. The fourth-order valence-electron chi connectivity index (χ4n) is 2.24. The normalized spacial score (nSPS) is 14.7. The van der Waals surface area contributed by atoms with E-state index in [1.807, 2.05) is 12.1 Å². The summed E-state index contributed by atoms with van der Waals surface area (Å²) in [5.41, 5.74) is 2.19. The largest absolute Gasteiger partial charge is 0.392 e. The van der Waals surface area contributed by atoms with E-state index in [0.717, 1.165) is 28.8 Å². The molecule has 106 valence electrons. The van der Waals surface area contributed by atoms with Crippen molar-refractivity contribution in [3.8, 4) is 0 Å². The van der Waals surface area contributed by atoms with E-state index >= 15 is 0 Å². The van der Waals surface area contributed by atoms with Crippen molar-refractivity contribution in [2.75, 3.05) is 0 Å². The maximum Gasteiger partial charge on any atom is 0.191 e. The van der Waals surface area contributed by atoms with Crippen LogP contribution in [0.25, 0.3) is 0 Å². The molecule has 2 aromatic rings. The number of thioether (sulfide) groups is 1. The van der Waals surface area contributed by atoms with Gasteiger partial charge in [-0.15, -0.1) is 10.2 Å². The molecule has 1 aromatic heterocycles. The van der Waals surface area contributed by atoms with Gasteiger partial charge in [-0.25, -0.2) is 0 Å². The molecule has 3 rings (SSSR count). The second-order valence-corrected chi connectivity index (χ2v) is 6.07. The third kappa shape index (κ3) is 2.88. The van der Waals surface area contributed by atoms with Gasteiger partial charge in [-0.2, -0.15) is 0 Å². The first-order chi connectivity index (χ1) is 9.81. The Morgan fingerprint density at radius 3 is 2.50 bits per heavy atom. The van der Waals surface area contributed by atoms with Crippen molar-refractivity contribution in [3.05, 3.63) is 41.2 Å². The molecular weight excluding hydrogens is 270 g/mol. The summed E-state index contributed by atoms with van der Waals surface area (Å²) in [6, 6.07) is 8.06. The minimum atomic E-state index is 0.0995. The summed E-state index contributed by atoms with van der Waals surface area (Å²) in [4.78, 5) is 0. The highest BCUT2D eigenvalue weighted by Gasteiger charge is 2.29. The molecule has 0 atom stereocenters. The molecule has 1 fully saturated rings. The van der Waals surface area contributed by atoms with Crippen LogP contribution >= 0.6 is 11.8 Å². The molecule has 5 heteroatoms. The van der Waals surface area contributed by atoms with Crippen molar-refractivity contribution in [2.45, 2.75) is 49.7 Å². The van der Waals surface area contributed by atoms with Gasteiger partial charge in [0.25, 0.3) is 0 Å². The van der Waals surface area contributed by atoms with Gasteiger partial charge in [0.05, 0.1) is 6.61 Å². The summed E-state index contributed by atoms with van der Waals surface area (Å²) < 4.78 is 2.24. The highest BCUT2D eigenvalue weighted by Crippen LogP contribution is 2.40. The smallest absolute Gasteiger partial charge is 0.191 e. The van der Waals surface area contributed by atoms with E-state index in [0.29, 0.717) is 5.92 Å². The van der Waals surface area contributed by atoms with E-state index in [1.54, 1.807) is 11.8 Å². The van der Waals surface area contributed by atoms with E-state index < -0.39 is 0 Å². The van der Waals surface area contributed by atoms with Crippen molar-refractivity contribution in [2.24, 2.45) is 0 Å². The van der Waals surface area contributed by atoms with Crippen LogP contribution in [0.3, 0.4) is 0 Å². The van der Waals surface area contributed by atoms with Crippen LogP contribution < -0.4 is 0 Å². The molecule has 1 N–H and O–H groups in total. The van der Waals surface area contributed by atoms with Crippen molar-refractivity contribution in [1.29, 1.82) is 0 Å². The Morgan fingerprint density at radius 1 is 1.20 bits per heavy atom. The zero-order chi connectivity index (χ0) is 13.9. The van der Waals surface area contributed by atoms with Crippen LogP contribution in [-0.4, -0.2) is 19.9 Å². The van der Waals surface area contributed by atoms with Crippen LogP contribution in [0.4, 0.5) is 0 Å². The zero-order valence-electron chi connectivity index (χ0n) is 11.6. The molecule has 1 aliphatic carbocycles. The molecule has 1 aliphatic rings. The van der Waals surface area contributed by atoms with E-state index in [4.69, 9.17) is 5.11 Å². The Bertz CT molecular complexity index is 575. The molecule has 0 bridgehead atoms. The van der Waals surface area contributed by atoms with Gasteiger partial charge in [0.1, 0.15) is 5.82 Å². The van der Waals surface area contributed by atoms with Gasteiger partial charge in [0.15, 0.2) is 5.16 Å². The topological polar surface area (TPSA) is 50.9 Å². The van der Waals surface area contributed by atoms with E-state index in [9.17, 15) is 0 Å². The number of aliphatic hydroxyl groups excluding tert-OH is 1. The number of hydrogen-bond donors (Lipinski definition) is 1. The molecule has 1 aromatic carbocycles. The highest BCUT2D eigenvalue weighted by atomic mass is 32.2. The number of hydrogen-bond acceptors (Lipinski definition) is 4. The Labute approximate surface area is 123 Å². The van der Waals surface area contributed by atoms with Crippen LogP contribution in [0.15, 0.2) is 29.4 Å². The quantitative estimate of drug-likeness (QED) is 0.831. The molecular formula is C15H19N3OS. The predicted molar refractivity (Wildman–Crippen MR) is 79.6 cm³/mol. The number of rotatable bonds is 6. The summed E-state index contributed by atoms with van der Waals surface area (Å²) in [5, 5.41) is 18.7. The van der Waals surface area contributed by atoms with E-state index in [1.165, 1.54) is 18.4 Å². The SMILES string of the molecule is CCn1c(SCc2ccc(CO)cc2)nnc1C1CC1. The van der Waals surface area contributed by atoms with Gasteiger partial charge >= 0.3 is 0 Å². The Kier molecular flexibility index (Phi) is 4.08. The second kappa shape index (κ2) is 5.97. The summed E-state index contributed by atoms with van der Waals surface area (Å²) >= 11 is 1.73. The molecule has 0 spiro atoms. The van der Waals surface area contributed by atoms with Crippen molar-refractivity contribution >= 4 is 11.8 Å². The van der Waals surface area contributed by atoms with Crippen molar-refractivity contribution < 1.29 is 5.11 Å². The van der Waals surface area contributed by atoms with Crippen LogP contribution in [-0.2, 0) is 18.9 Å². The monoisotopic (exact) mass is 289 g/mol.